The number of tetrazole rings is 1. The minimum Gasteiger partial charge on any atom is -0.445 e. The van der Waals surface area contributed by atoms with Gasteiger partial charge in [-0.15, -0.1) is 5.10 Å². The smallest absolute Gasteiger partial charge is 0.411 e. The van der Waals surface area contributed by atoms with Gasteiger partial charge in [-0.05, 0) is 33.7 Å². The van der Waals surface area contributed by atoms with E-state index < -0.39 is 12.4 Å². The Labute approximate surface area is 213 Å². The van der Waals surface area contributed by atoms with Crippen LogP contribution in [0, 0.1) is 5.92 Å². The molecule has 1 aromatic heterocycles. The molecule has 2 heterocycles. The van der Waals surface area contributed by atoms with Crippen LogP contribution in [-0.4, -0.2) is 49.9 Å². The fourth-order valence-corrected chi connectivity index (χ4v) is 4.84. The molecule has 1 aliphatic rings. The summed E-state index contributed by atoms with van der Waals surface area (Å²) in [7, 11) is 1.80. The van der Waals surface area contributed by atoms with E-state index in [0.29, 0.717) is 16.6 Å². The lowest BCUT2D eigenvalue weighted by atomic mass is 9.91. The van der Waals surface area contributed by atoms with Crippen LogP contribution in [0.3, 0.4) is 0 Å². The number of aliphatic hydroxyl groups is 1. The van der Waals surface area contributed by atoms with Crippen molar-refractivity contribution < 1.29 is 24.1 Å². The Balaban J connectivity index is 1.52. The number of aromatic nitrogens is 4. The van der Waals surface area contributed by atoms with E-state index >= 15 is 0 Å². The largest absolute Gasteiger partial charge is 0.445 e. The molecular formula is C25H29N5O5S. The van der Waals surface area contributed by atoms with Crippen molar-refractivity contribution in [3.63, 3.8) is 0 Å². The van der Waals surface area contributed by atoms with E-state index in [-0.39, 0.29) is 31.3 Å². The van der Waals surface area contributed by atoms with Gasteiger partial charge in [-0.3, -0.25) is 5.32 Å². The molecule has 1 amide bonds. The fourth-order valence-electron chi connectivity index (χ4n) is 3.82. The average molecular weight is 512 g/mol. The number of ether oxygens (including phenoxy) is 3. The maximum atomic E-state index is 11.8. The number of rotatable bonds is 9. The Morgan fingerprint density at radius 1 is 1.19 bits per heavy atom. The van der Waals surface area contributed by atoms with E-state index in [0.717, 1.165) is 16.7 Å². The van der Waals surface area contributed by atoms with Crippen molar-refractivity contribution in [2.45, 2.75) is 37.2 Å². The first-order valence-corrected chi connectivity index (χ1v) is 12.5. The minimum absolute atomic E-state index is 0.0143. The highest BCUT2D eigenvalue weighted by atomic mass is 32.2. The van der Waals surface area contributed by atoms with Crippen LogP contribution in [-0.2, 0) is 27.9 Å². The third-order valence-electron chi connectivity index (χ3n) is 5.84. The summed E-state index contributed by atoms with van der Waals surface area (Å²) in [6.45, 7) is 5.75. The molecule has 4 rings (SSSR count). The summed E-state index contributed by atoms with van der Waals surface area (Å²) >= 11 is 1.53. The predicted molar refractivity (Wildman–Crippen MR) is 134 cm³/mol. The van der Waals surface area contributed by atoms with Crippen molar-refractivity contribution in [1.82, 2.24) is 20.2 Å². The quantitative estimate of drug-likeness (QED) is 0.324. The standard InChI is InChI=1S/C25H29N5O5S/c1-4-13-33-25(32)26-20-11-9-19(10-12-20)23-34-21(15-36-24-27-28-29-30(24)3)16(2)22(35-23)18-7-5-17(14-31)6-8-18/h4-12,16,21-23,31H,1,13-15H2,2-3H3,(H,26,32). The summed E-state index contributed by atoms with van der Waals surface area (Å²) in [5.74, 6) is 0.672. The Morgan fingerprint density at radius 2 is 1.92 bits per heavy atom. The Hall–Kier alpha value is -3.25. The van der Waals surface area contributed by atoms with Crippen molar-refractivity contribution in [3.05, 3.63) is 77.9 Å². The van der Waals surface area contributed by atoms with Crippen LogP contribution in [0.15, 0.2) is 66.3 Å². The molecule has 1 saturated heterocycles. The zero-order valence-corrected chi connectivity index (χ0v) is 20.9. The lowest BCUT2D eigenvalue weighted by Crippen LogP contribution is -2.38. The van der Waals surface area contributed by atoms with E-state index in [4.69, 9.17) is 14.2 Å². The van der Waals surface area contributed by atoms with Crippen LogP contribution in [0.1, 0.15) is 36.0 Å². The van der Waals surface area contributed by atoms with Crippen molar-refractivity contribution >= 4 is 23.5 Å². The number of carbonyl (C=O) groups excluding carboxylic acids is 1. The number of anilines is 1. The van der Waals surface area contributed by atoms with Crippen molar-refractivity contribution in [1.29, 1.82) is 0 Å². The van der Waals surface area contributed by atoms with E-state index in [2.05, 4.69) is 34.3 Å². The van der Waals surface area contributed by atoms with Crippen LogP contribution in [0.5, 0.6) is 0 Å². The molecule has 0 spiro atoms. The number of nitrogens with one attached hydrogen (secondary N) is 1. The van der Waals surface area contributed by atoms with Crippen molar-refractivity contribution in [2.24, 2.45) is 13.0 Å². The number of carbonyl (C=O) groups is 1. The second-order valence-electron chi connectivity index (χ2n) is 8.35. The topological polar surface area (TPSA) is 121 Å². The Bertz CT molecular complexity index is 1150. The van der Waals surface area contributed by atoms with Gasteiger partial charge < -0.3 is 19.3 Å². The van der Waals surface area contributed by atoms with Crippen LogP contribution < -0.4 is 5.32 Å². The van der Waals surface area contributed by atoms with Crippen LogP contribution in [0.4, 0.5) is 10.5 Å². The molecule has 190 valence electrons. The molecule has 4 atom stereocenters. The number of benzene rings is 2. The predicted octanol–water partition coefficient (Wildman–Crippen LogP) is 4.02. The van der Waals surface area contributed by atoms with Gasteiger partial charge in [0, 0.05) is 30.0 Å². The maximum absolute atomic E-state index is 11.8. The SMILES string of the molecule is C=CCOC(=O)Nc1ccc(C2OC(CSc3nnnn3C)C(C)C(c3ccc(CO)cc3)O2)cc1. The van der Waals surface area contributed by atoms with Gasteiger partial charge in [0.25, 0.3) is 0 Å². The van der Waals surface area contributed by atoms with Crippen LogP contribution in [0.25, 0.3) is 0 Å². The van der Waals surface area contributed by atoms with Gasteiger partial charge in [0.15, 0.2) is 6.29 Å². The first-order chi connectivity index (χ1) is 17.5. The Morgan fingerprint density at radius 3 is 2.56 bits per heavy atom. The van der Waals surface area contributed by atoms with Gasteiger partial charge in [0.1, 0.15) is 6.61 Å². The molecule has 11 heteroatoms. The lowest BCUT2D eigenvalue weighted by Gasteiger charge is -2.41. The third kappa shape index (κ3) is 6.30. The molecule has 36 heavy (non-hydrogen) atoms. The van der Waals surface area contributed by atoms with E-state index in [1.165, 1.54) is 17.8 Å². The summed E-state index contributed by atoms with van der Waals surface area (Å²) < 4.78 is 19.4. The molecule has 0 radical (unpaired) electrons. The van der Waals surface area contributed by atoms with Gasteiger partial charge in [-0.1, -0.05) is 67.7 Å². The summed E-state index contributed by atoms with van der Waals surface area (Å²) in [5, 5.41) is 24.4. The van der Waals surface area contributed by atoms with Crippen molar-refractivity contribution in [3.8, 4) is 0 Å². The highest BCUT2D eigenvalue weighted by Gasteiger charge is 2.38. The lowest BCUT2D eigenvalue weighted by molar-refractivity contribution is -0.268. The first kappa shape index (κ1) is 25.8. The number of thioether (sulfide) groups is 1. The fraction of sp³-hybridized carbons (Fsp3) is 0.360. The van der Waals surface area contributed by atoms with E-state index in [1.807, 2.05) is 36.4 Å². The second-order valence-corrected chi connectivity index (χ2v) is 9.34. The average Bonchev–Trinajstić information content (AvgIpc) is 3.32. The number of amides is 1. The van der Waals surface area contributed by atoms with Gasteiger partial charge in [-0.25, -0.2) is 9.48 Å². The normalized spacial score (nSPS) is 21.6. The zero-order chi connectivity index (χ0) is 25.5. The molecule has 3 aromatic rings. The second kappa shape index (κ2) is 12.1. The number of aliphatic hydroxyl groups excluding tert-OH is 1. The molecule has 10 nitrogen and oxygen atoms in total. The van der Waals surface area contributed by atoms with E-state index in [9.17, 15) is 9.90 Å². The molecule has 4 unspecified atom stereocenters. The molecule has 1 fully saturated rings. The molecule has 0 bridgehead atoms. The summed E-state index contributed by atoms with van der Waals surface area (Å²) in [6.07, 6.45) is -0.0479. The summed E-state index contributed by atoms with van der Waals surface area (Å²) in [5.41, 5.74) is 3.26. The highest BCUT2D eigenvalue weighted by Crippen LogP contribution is 2.43. The van der Waals surface area contributed by atoms with Crippen LogP contribution in [0.2, 0.25) is 0 Å². The number of nitrogens with zero attached hydrogens (tertiary/aromatic N) is 4. The number of aryl methyl sites for hydroxylation is 1. The molecule has 2 aromatic carbocycles. The summed E-state index contributed by atoms with van der Waals surface area (Å²) in [6, 6.07) is 15.0. The summed E-state index contributed by atoms with van der Waals surface area (Å²) in [4.78, 5) is 11.8. The number of hydrogen-bond acceptors (Lipinski definition) is 9. The molecule has 0 saturated carbocycles. The zero-order valence-electron chi connectivity index (χ0n) is 20.1. The molecular weight excluding hydrogens is 482 g/mol. The molecule has 1 aliphatic heterocycles. The molecule has 2 N–H and O–H groups in total. The first-order valence-electron chi connectivity index (χ1n) is 11.5. The highest BCUT2D eigenvalue weighted by molar-refractivity contribution is 7.99. The minimum atomic E-state index is -0.617. The van der Waals surface area contributed by atoms with Crippen LogP contribution >= 0.6 is 11.8 Å². The third-order valence-corrected chi connectivity index (χ3v) is 6.94. The maximum Gasteiger partial charge on any atom is 0.411 e. The van der Waals surface area contributed by atoms with Gasteiger partial charge in [-0.2, -0.15) is 0 Å². The monoisotopic (exact) mass is 511 g/mol. The van der Waals surface area contributed by atoms with Gasteiger partial charge >= 0.3 is 6.09 Å². The number of hydrogen-bond donors (Lipinski definition) is 2. The van der Waals surface area contributed by atoms with Gasteiger partial charge in [0.05, 0.1) is 18.8 Å². The van der Waals surface area contributed by atoms with Gasteiger partial charge in [0.2, 0.25) is 5.16 Å². The van der Waals surface area contributed by atoms with E-state index in [1.54, 1.807) is 23.9 Å². The Kier molecular flexibility index (Phi) is 8.70. The van der Waals surface area contributed by atoms with Crippen molar-refractivity contribution in [2.75, 3.05) is 17.7 Å². The molecule has 0 aliphatic carbocycles.